The van der Waals surface area contributed by atoms with Crippen LogP contribution < -0.4 is 0 Å². The first-order valence-corrected chi connectivity index (χ1v) is 6.13. The molecule has 1 unspecified atom stereocenters. The minimum atomic E-state index is -0.333. The molecule has 0 aromatic carbocycles. The molecule has 102 valence electrons. The summed E-state index contributed by atoms with van der Waals surface area (Å²) in [6, 6.07) is 0. The first-order chi connectivity index (χ1) is 8.12. The van der Waals surface area contributed by atoms with Gasteiger partial charge in [0.2, 0.25) is 0 Å². The normalized spacial score (nSPS) is 11.1. The molecule has 17 heavy (non-hydrogen) atoms. The summed E-state index contributed by atoms with van der Waals surface area (Å²) in [6.07, 6.45) is 4.79. The Hall–Kier alpha value is -0.870. The van der Waals surface area contributed by atoms with Crippen LogP contribution in [0, 0.1) is 5.92 Å². The quantitative estimate of drug-likeness (QED) is 0.390. The maximum atomic E-state index is 10.5. The fourth-order valence-electron chi connectivity index (χ4n) is 0.802. The third-order valence-corrected chi connectivity index (χ3v) is 2.19. The lowest BCUT2D eigenvalue weighted by atomic mass is 10.1. The molecule has 0 aromatic rings. The van der Waals surface area contributed by atoms with Gasteiger partial charge in [-0.05, 0) is 25.2 Å². The van der Waals surface area contributed by atoms with Crippen molar-refractivity contribution >= 4 is 5.97 Å². The van der Waals surface area contributed by atoms with Crippen molar-refractivity contribution in [3.05, 3.63) is 12.7 Å². The Bertz CT molecular complexity index is 176. The lowest BCUT2D eigenvalue weighted by Gasteiger charge is -2.06. The molecule has 0 aliphatic heterocycles. The minimum Gasteiger partial charge on any atom is -0.462 e. The van der Waals surface area contributed by atoms with E-state index in [0.29, 0.717) is 12.5 Å². The highest BCUT2D eigenvalue weighted by Gasteiger charge is 2.00. The average molecular weight is 246 g/mol. The summed E-state index contributed by atoms with van der Waals surface area (Å²) in [6.45, 7) is 8.39. The van der Waals surface area contributed by atoms with E-state index in [2.05, 4.69) is 13.5 Å². The highest BCUT2D eigenvalue weighted by atomic mass is 16.5. The van der Waals surface area contributed by atoms with Gasteiger partial charge < -0.3 is 14.9 Å². The third kappa shape index (κ3) is 17.7. The topological polar surface area (TPSA) is 66.8 Å². The van der Waals surface area contributed by atoms with Gasteiger partial charge in [-0.2, -0.15) is 0 Å². The summed E-state index contributed by atoms with van der Waals surface area (Å²) >= 11 is 0. The Labute approximate surface area is 104 Å². The summed E-state index contributed by atoms with van der Waals surface area (Å²) in [5.41, 5.74) is 0. The van der Waals surface area contributed by atoms with Crippen LogP contribution in [0.1, 0.15) is 39.5 Å². The molecule has 0 aliphatic rings. The van der Waals surface area contributed by atoms with Crippen LogP contribution in [0.4, 0.5) is 0 Å². The van der Waals surface area contributed by atoms with Crippen LogP contribution in [0.25, 0.3) is 0 Å². The number of aliphatic hydroxyl groups excluding tert-OH is 2. The van der Waals surface area contributed by atoms with Gasteiger partial charge in [0, 0.05) is 19.3 Å². The number of carbonyl (C=O) groups excluding carboxylic acids is 1. The molecule has 4 nitrogen and oxygen atoms in total. The zero-order chi connectivity index (χ0) is 13.5. The highest BCUT2D eigenvalue weighted by molar-refractivity contribution is 5.81. The van der Waals surface area contributed by atoms with Gasteiger partial charge in [0.25, 0.3) is 0 Å². The highest BCUT2D eigenvalue weighted by Crippen LogP contribution is 2.00. The van der Waals surface area contributed by atoms with Crippen molar-refractivity contribution in [2.24, 2.45) is 5.92 Å². The molecular formula is C13H26O4. The second-order valence-corrected chi connectivity index (χ2v) is 3.86. The Balaban J connectivity index is 0. The molecule has 0 heterocycles. The van der Waals surface area contributed by atoms with Gasteiger partial charge in [-0.3, -0.25) is 0 Å². The molecule has 0 saturated heterocycles. The maximum Gasteiger partial charge on any atom is 0.330 e. The van der Waals surface area contributed by atoms with Crippen LogP contribution >= 0.6 is 0 Å². The molecule has 0 radical (unpaired) electrons. The van der Waals surface area contributed by atoms with Crippen LogP contribution in [-0.2, 0) is 9.53 Å². The number of aliphatic hydroxyl groups is 2. The molecule has 0 rings (SSSR count). The SMILES string of the molecule is C=CC(=O)OCC(C)CC.OCCCCCO. The van der Waals surface area contributed by atoms with Crippen LogP contribution in [-0.4, -0.2) is 36.0 Å². The van der Waals surface area contributed by atoms with Crippen molar-refractivity contribution in [1.29, 1.82) is 0 Å². The monoisotopic (exact) mass is 246 g/mol. The van der Waals surface area contributed by atoms with Crippen LogP contribution in [0.2, 0.25) is 0 Å². The summed E-state index contributed by atoms with van der Waals surface area (Å²) in [5, 5.41) is 16.4. The molecule has 4 heteroatoms. The van der Waals surface area contributed by atoms with Gasteiger partial charge in [-0.25, -0.2) is 4.79 Å². The molecule has 0 spiro atoms. The number of ether oxygens (including phenoxy) is 1. The number of hydrogen-bond acceptors (Lipinski definition) is 4. The van der Waals surface area contributed by atoms with Gasteiger partial charge in [-0.15, -0.1) is 0 Å². The Morgan fingerprint density at radius 1 is 1.29 bits per heavy atom. The molecule has 0 saturated carbocycles. The predicted octanol–water partition coefficient (Wildman–Crippen LogP) is 1.90. The van der Waals surface area contributed by atoms with Crippen LogP contribution in [0.3, 0.4) is 0 Å². The van der Waals surface area contributed by atoms with Crippen molar-refractivity contribution in [2.75, 3.05) is 19.8 Å². The van der Waals surface area contributed by atoms with Crippen LogP contribution in [0.5, 0.6) is 0 Å². The molecule has 1 atom stereocenters. The van der Waals surface area contributed by atoms with E-state index in [1.165, 1.54) is 6.08 Å². The Morgan fingerprint density at radius 2 is 1.82 bits per heavy atom. The minimum absolute atomic E-state index is 0.250. The molecule has 2 N–H and O–H groups in total. The van der Waals surface area contributed by atoms with E-state index < -0.39 is 0 Å². The van der Waals surface area contributed by atoms with E-state index in [0.717, 1.165) is 25.7 Å². The molecule has 0 fully saturated rings. The lowest BCUT2D eigenvalue weighted by molar-refractivity contribution is -0.138. The first-order valence-electron chi connectivity index (χ1n) is 6.13. The standard InChI is InChI=1S/C8H14O2.C5H12O2/c1-4-7(3)6-10-8(9)5-2;6-4-2-1-3-5-7/h5,7H,2,4,6H2,1,3H3;6-7H,1-5H2. The number of hydrogen-bond donors (Lipinski definition) is 2. The van der Waals surface area contributed by atoms with Crippen LogP contribution in [0.15, 0.2) is 12.7 Å². The summed E-state index contributed by atoms with van der Waals surface area (Å²) in [7, 11) is 0. The van der Waals surface area contributed by atoms with Crippen molar-refractivity contribution < 1.29 is 19.7 Å². The molecule has 0 bridgehead atoms. The smallest absolute Gasteiger partial charge is 0.330 e. The molecular weight excluding hydrogens is 220 g/mol. The van der Waals surface area contributed by atoms with E-state index in [1.54, 1.807) is 0 Å². The number of rotatable bonds is 8. The van der Waals surface area contributed by atoms with Gasteiger partial charge in [0.05, 0.1) is 6.61 Å². The summed E-state index contributed by atoms with van der Waals surface area (Å²) < 4.78 is 4.79. The van der Waals surface area contributed by atoms with E-state index in [1.807, 2.05) is 6.92 Å². The molecule has 0 aliphatic carbocycles. The zero-order valence-corrected chi connectivity index (χ0v) is 11.0. The second-order valence-electron chi connectivity index (χ2n) is 3.86. The molecule has 0 aromatic heterocycles. The average Bonchev–Trinajstić information content (AvgIpc) is 2.36. The maximum absolute atomic E-state index is 10.5. The largest absolute Gasteiger partial charge is 0.462 e. The Kier molecular flexibility index (Phi) is 16.5. The zero-order valence-electron chi connectivity index (χ0n) is 11.0. The first kappa shape index (κ1) is 18.5. The third-order valence-electron chi connectivity index (χ3n) is 2.19. The van der Waals surface area contributed by atoms with Gasteiger partial charge in [-0.1, -0.05) is 26.8 Å². The van der Waals surface area contributed by atoms with E-state index in [4.69, 9.17) is 14.9 Å². The number of esters is 1. The van der Waals surface area contributed by atoms with Gasteiger partial charge >= 0.3 is 5.97 Å². The summed E-state index contributed by atoms with van der Waals surface area (Å²) in [5.74, 6) is 0.115. The van der Waals surface area contributed by atoms with Crippen molar-refractivity contribution in [3.8, 4) is 0 Å². The van der Waals surface area contributed by atoms with E-state index >= 15 is 0 Å². The van der Waals surface area contributed by atoms with E-state index in [9.17, 15) is 4.79 Å². The molecule has 0 amide bonds. The fourth-order valence-corrected chi connectivity index (χ4v) is 0.802. The van der Waals surface area contributed by atoms with Gasteiger partial charge in [0.1, 0.15) is 0 Å². The Morgan fingerprint density at radius 3 is 2.18 bits per heavy atom. The lowest BCUT2D eigenvalue weighted by Crippen LogP contribution is -2.08. The summed E-state index contributed by atoms with van der Waals surface area (Å²) in [4.78, 5) is 10.5. The number of carbonyl (C=O) groups is 1. The predicted molar refractivity (Wildman–Crippen MR) is 68.6 cm³/mol. The van der Waals surface area contributed by atoms with Crippen molar-refractivity contribution in [2.45, 2.75) is 39.5 Å². The van der Waals surface area contributed by atoms with E-state index in [-0.39, 0.29) is 19.2 Å². The van der Waals surface area contributed by atoms with Crippen molar-refractivity contribution in [1.82, 2.24) is 0 Å². The van der Waals surface area contributed by atoms with Gasteiger partial charge in [0.15, 0.2) is 0 Å². The second kappa shape index (κ2) is 15.1. The fraction of sp³-hybridized carbons (Fsp3) is 0.769. The van der Waals surface area contributed by atoms with Crippen molar-refractivity contribution in [3.63, 3.8) is 0 Å². The number of unbranched alkanes of at least 4 members (excludes halogenated alkanes) is 2.